The molecular weight excluding hydrogens is 278 g/mol. The van der Waals surface area contributed by atoms with Gasteiger partial charge in [0.1, 0.15) is 0 Å². The van der Waals surface area contributed by atoms with E-state index in [1.54, 1.807) is 42.0 Å². The van der Waals surface area contributed by atoms with Crippen molar-refractivity contribution in [3.05, 3.63) is 34.9 Å². The zero-order chi connectivity index (χ0) is 14.5. The molecule has 1 amide bonds. The van der Waals surface area contributed by atoms with E-state index in [-0.39, 0.29) is 11.5 Å². The molecule has 0 saturated carbocycles. The molecule has 0 fully saturated rings. The highest BCUT2D eigenvalue weighted by atomic mass is 32.2. The van der Waals surface area contributed by atoms with Gasteiger partial charge >= 0.3 is 5.97 Å². The van der Waals surface area contributed by atoms with Crippen molar-refractivity contribution < 1.29 is 19.4 Å². The fourth-order valence-corrected chi connectivity index (χ4v) is 2.88. The monoisotopic (exact) mass is 295 g/mol. The number of ether oxygens (including phenoxy) is 1. The topological polar surface area (TPSA) is 66.8 Å². The quantitative estimate of drug-likeness (QED) is 0.808. The van der Waals surface area contributed by atoms with E-state index < -0.39 is 5.97 Å². The lowest BCUT2D eigenvalue weighted by Crippen LogP contribution is -2.27. The van der Waals surface area contributed by atoms with Crippen molar-refractivity contribution in [3.8, 4) is 0 Å². The molecule has 0 atom stereocenters. The number of methoxy groups -OCH3 is 1. The number of thioether (sulfide) groups is 1. The lowest BCUT2D eigenvalue weighted by atomic mass is 10.1. The van der Waals surface area contributed by atoms with Crippen molar-refractivity contribution in [1.82, 2.24) is 4.90 Å². The van der Waals surface area contributed by atoms with Crippen molar-refractivity contribution >= 4 is 23.6 Å². The number of rotatable bonds is 6. The molecule has 1 N–H and O–H groups in total. The highest BCUT2D eigenvalue weighted by Gasteiger charge is 2.23. The fraction of sp³-hybridized carbons (Fsp3) is 0.429. The summed E-state index contributed by atoms with van der Waals surface area (Å²) in [4.78, 5) is 24.7. The smallest absolute Gasteiger partial charge is 0.335 e. The summed E-state index contributed by atoms with van der Waals surface area (Å²) in [7, 11) is 1.64. The number of aromatic carboxylic acids is 1. The van der Waals surface area contributed by atoms with Gasteiger partial charge < -0.3 is 14.7 Å². The zero-order valence-electron chi connectivity index (χ0n) is 11.3. The van der Waals surface area contributed by atoms with Crippen molar-refractivity contribution in [2.24, 2.45) is 0 Å². The van der Waals surface area contributed by atoms with Gasteiger partial charge in [-0.25, -0.2) is 4.79 Å². The van der Waals surface area contributed by atoms with Gasteiger partial charge in [0, 0.05) is 26.0 Å². The van der Waals surface area contributed by atoms with Crippen LogP contribution in [-0.4, -0.2) is 47.1 Å². The van der Waals surface area contributed by atoms with E-state index >= 15 is 0 Å². The van der Waals surface area contributed by atoms with Crippen LogP contribution in [0.2, 0.25) is 0 Å². The van der Waals surface area contributed by atoms with E-state index in [0.29, 0.717) is 25.4 Å². The minimum absolute atomic E-state index is 0.0826. The molecule has 1 aliphatic heterocycles. The van der Waals surface area contributed by atoms with Crippen LogP contribution < -0.4 is 0 Å². The molecule has 6 heteroatoms. The Labute approximate surface area is 121 Å². The lowest BCUT2D eigenvalue weighted by molar-refractivity contribution is -0.128. The van der Waals surface area contributed by atoms with Crippen LogP contribution in [0, 0.1) is 0 Å². The molecule has 0 radical (unpaired) electrons. The van der Waals surface area contributed by atoms with Crippen LogP contribution in [-0.2, 0) is 22.6 Å². The van der Waals surface area contributed by atoms with Crippen molar-refractivity contribution in [2.45, 2.75) is 13.1 Å². The highest BCUT2D eigenvalue weighted by Crippen LogP contribution is 2.24. The number of benzene rings is 1. The summed E-state index contributed by atoms with van der Waals surface area (Å²) in [6, 6.07) is 5.04. The van der Waals surface area contributed by atoms with Crippen LogP contribution in [0.15, 0.2) is 18.2 Å². The molecule has 0 aromatic heterocycles. The molecule has 0 saturated heterocycles. The SMILES string of the molecule is COCCSCC(=O)N1Cc2ccc(C(=O)O)cc2C1. The third-order valence-corrected chi connectivity index (χ3v) is 4.09. The van der Waals surface area contributed by atoms with Gasteiger partial charge in [0.05, 0.1) is 17.9 Å². The number of amides is 1. The molecule has 1 aromatic carbocycles. The first-order chi connectivity index (χ1) is 9.61. The first-order valence-electron chi connectivity index (χ1n) is 6.31. The Bertz CT molecular complexity index is 518. The molecule has 2 rings (SSSR count). The van der Waals surface area contributed by atoms with E-state index in [2.05, 4.69) is 0 Å². The number of nitrogens with zero attached hydrogens (tertiary/aromatic N) is 1. The summed E-state index contributed by atoms with van der Waals surface area (Å²) in [6.07, 6.45) is 0. The zero-order valence-corrected chi connectivity index (χ0v) is 12.1. The lowest BCUT2D eigenvalue weighted by Gasteiger charge is -2.14. The van der Waals surface area contributed by atoms with Crippen LogP contribution in [0.5, 0.6) is 0 Å². The average molecular weight is 295 g/mol. The standard InChI is InChI=1S/C14H17NO4S/c1-19-4-5-20-9-13(16)15-7-11-3-2-10(14(17)18)6-12(11)8-15/h2-3,6H,4-5,7-9H2,1H3,(H,17,18). The van der Waals surface area contributed by atoms with E-state index in [1.165, 1.54) is 0 Å². The Morgan fingerprint density at radius 3 is 2.80 bits per heavy atom. The van der Waals surface area contributed by atoms with E-state index in [4.69, 9.17) is 9.84 Å². The molecule has 108 valence electrons. The minimum atomic E-state index is -0.937. The van der Waals surface area contributed by atoms with Gasteiger partial charge in [-0.15, -0.1) is 11.8 Å². The fourth-order valence-electron chi connectivity index (χ4n) is 2.10. The largest absolute Gasteiger partial charge is 0.478 e. The van der Waals surface area contributed by atoms with E-state index in [0.717, 1.165) is 16.9 Å². The molecule has 1 aliphatic rings. The van der Waals surface area contributed by atoms with E-state index in [9.17, 15) is 9.59 Å². The first kappa shape index (κ1) is 14.9. The molecule has 0 bridgehead atoms. The highest BCUT2D eigenvalue weighted by molar-refractivity contribution is 7.99. The summed E-state index contributed by atoms with van der Waals surface area (Å²) in [5.74, 6) is 0.377. The third kappa shape index (κ3) is 3.52. The van der Waals surface area contributed by atoms with Crippen LogP contribution in [0.1, 0.15) is 21.5 Å². The predicted octanol–water partition coefficient (Wildman–Crippen LogP) is 1.61. The molecule has 0 spiro atoms. The second-order valence-electron chi connectivity index (χ2n) is 4.58. The summed E-state index contributed by atoms with van der Waals surface area (Å²) in [5.41, 5.74) is 2.23. The molecule has 0 aliphatic carbocycles. The summed E-state index contributed by atoms with van der Waals surface area (Å²) in [5, 5.41) is 8.96. The Morgan fingerprint density at radius 2 is 2.10 bits per heavy atom. The number of fused-ring (bicyclic) bond motifs is 1. The van der Waals surface area contributed by atoms with Crippen LogP contribution >= 0.6 is 11.8 Å². The first-order valence-corrected chi connectivity index (χ1v) is 7.47. The van der Waals surface area contributed by atoms with Gasteiger partial charge in [0.25, 0.3) is 0 Å². The number of carbonyl (C=O) groups is 2. The maximum Gasteiger partial charge on any atom is 0.335 e. The summed E-state index contributed by atoms with van der Waals surface area (Å²) in [6.45, 7) is 1.71. The number of hydrogen-bond acceptors (Lipinski definition) is 4. The number of carboxylic acid groups (broad SMARTS) is 1. The van der Waals surface area contributed by atoms with Gasteiger partial charge in [-0.05, 0) is 23.3 Å². The Hall–Kier alpha value is -1.53. The number of hydrogen-bond donors (Lipinski definition) is 1. The van der Waals surface area contributed by atoms with Crippen LogP contribution in [0.4, 0.5) is 0 Å². The van der Waals surface area contributed by atoms with Gasteiger partial charge in [-0.1, -0.05) is 6.07 Å². The average Bonchev–Trinajstić information content (AvgIpc) is 2.86. The number of carboxylic acids is 1. The van der Waals surface area contributed by atoms with Gasteiger partial charge in [0.15, 0.2) is 0 Å². The maximum atomic E-state index is 12.0. The van der Waals surface area contributed by atoms with Gasteiger partial charge in [0.2, 0.25) is 5.91 Å². The molecular formula is C14H17NO4S. The van der Waals surface area contributed by atoms with Crippen LogP contribution in [0.3, 0.4) is 0 Å². The Kier molecular flexibility index (Phi) is 5.03. The molecule has 0 unspecified atom stereocenters. The predicted molar refractivity (Wildman–Crippen MR) is 76.9 cm³/mol. The molecule has 1 heterocycles. The van der Waals surface area contributed by atoms with Crippen molar-refractivity contribution in [2.75, 3.05) is 25.2 Å². The summed E-state index contributed by atoms with van der Waals surface area (Å²) < 4.78 is 4.93. The second-order valence-corrected chi connectivity index (χ2v) is 5.69. The molecule has 5 nitrogen and oxygen atoms in total. The van der Waals surface area contributed by atoms with Gasteiger partial charge in [-0.3, -0.25) is 4.79 Å². The molecule has 1 aromatic rings. The summed E-state index contributed by atoms with van der Waals surface area (Å²) >= 11 is 1.55. The number of carbonyl (C=O) groups excluding carboxylic acids is 1. The van der Waals surface area contributed by atoms with Crippen LogP contribution in [0.25, 0.3) is 0 Å². The van der Waals surface area contributed by atoms with Crippen molar-refractivity contribution in [3.63, 3.8) is 0 Å². The minimum Gasteiger partial charge on any atom is -0.478 e. The normalized spacial score (nSPS) is 13.3. The second kappa shape index (κ2) is 6.76. The third-order valence-electron chi connectivity index (χ3n) is 3.19. The molecule has 20 heavy (non-hydrogen) atoms. The van der Waals surface area contributed by atoms with Gasteiger partial charge in [-0.2, -0.15) is 0 Å². The Morgan fingerprint density at radius 1 is 1.35 bits per heavy atom. The van der Waals surface area contributed by atoms with Crippen molar-refractivity contribution in [1.29, 1.82) is 0 Å². The van der Waals surface area contributed by atoms with E-state index in [1.807, 2.05) is 0 Å². The maximum absolute atomic E-state index is 12.0. The Balaban J connectivity index is 1.92.